The Morgan fingerprint density at radius 3 is 1.59 bits per heavy atom. The normalized spacial score (nSPS) is 13.5. The van der Waals surface area contributed by atoms with Crippen LogP contribution >= 0.6 is 0 Å². The van der Waals surface area contributed by atoms with Crippen LogP contribution < -0.4 is 0 Å². The highest BCUT2D eigenvalue weighted by atomic mass is 16.4. The smallest absolute Gasteiger partial charge is 0.318 e. The highest BCUT2D eigenvalue weighted by molar-refractivity contribution is 5.94. The Morgan fingerprint density at radius 1 is 0.773 bits per heavy atom. The number of carboxylic acids is 2. The molecule has 4 nitrogen and oxygen atoms in total. The highest BCUT2D eigenvalue weighted by Gasteiger charge is 2.39. The van der Waals surface area contributed by atoms with Crippen molar-refractivity contribution in [3.05, 3.63) is 71.8 Å². The van der Waals surface area contributed by atoms with E-state index in [1.54, 1.807) is 24.3 Å². The average Bonchev–Trinajstić information content (AvgIpc) is 2.52. The molecule has 2 aromatic carbocycles. The van der Waals surface area contributed by atoms with Crippen molar-refractivity contribution < 1.29 is 19.8 Å². The van der Waals surface area contributed by atoms with Crippen LogP contribution in [-0.4, -0.2) is 22.2 Å². The Hall–Kier alpha value is -2.62. The summed E-state index contributed by atoms with van der Waals surface area (Å²) in [5.74, 6) is -5.00. The minimum Gasteiger partial charge on any atom is -0.481 e. The Balaban J connectivity index is 2.50. The largest absolute Gasteiger partial charge is 0.481 e. The molecule has 0 fully saturated rings. The van der Waals surface area contributed by atoms with Crippen LogP contribution in [-0.2, 0) is 9.59 Å². The third-order valence-electron chi connectivity index (χ3n) is 3.94. The van der Waals surface area contributed by atoms with E-state index in [0.717, 1.165) is 5.56 Å². The Kier molecular flexibility index (Phi) is 4.94. The molecule has 0 saturated heterocycles. The van der Waals surface area contributed by atoms with Gasteiger partial charge in [0.25, 0.3) is 0 Å². The minimum atomic E-state index is -1.49. The zero-order valence-electron chi connectivity index (χ0n) is 12.2. The van der Waals surface area contributed by atoms with Crippen molar-refractivity contribution in [3.8, 4) is 0 Å². The third-order valence-corrected chi connectivity index (χ3v) is 3.94. The van der Waals surface area contributed by atoms with Crippen LogP contribution in [0.3, 0.4) is 0 Å². The summed E-state index contributed by atoms with van der Waals surface area (Å²) in [4.78, 5) is 23.0. The summed E-state index contributed by atoms with van der Waals surface area (Å²) in [7, 11) is 0. The second-order valence-electron chi connectivity index (χ2n) is 5.29. The molecular weight excluding hydrogens is 280 g/mol. The van der Waals surface area contributed by atoms with Crippen molar-refractivity contribution in [1.29, 1.82) is 0 Å². The summed E-state index contributed by atoms with van der Waals surface area (Å²) in [6.45, 7) is 1.87. The van der Waals surface area contributed by atoms with Crippen LogP contribution in [0.4, 0.5) is 0 Å². The highest BCUT2D eigenvalue weighted by Crippen LogP contribution is 2.38. The molecule has 0 aromatic heterocycles. The molecule has 22 heavy (non-hydrogen) atoms. The van der Waals surface area contributed by atoms with E-state index >= 15 is 0 Å². The minimum absolute atomic E-state index is 0.235. The summed E-state index contributed by atoms with van der Waals surface area (Å²) in [5, 5.41) is 18.8. The molecule has 4 heteroatoms. The molecule has 0 aliphatic heterocycles. The predicted octanol–water partition coefficient (Wildman–Crippen LogP) is 3.36. The SMILES string of the molecule is CC(c1ccccc1)C(c1ccccc1)C(C(=O)O)C(=O)O. The van der Waals surface area contributed by atoms with Gasteiger partial charge in [0.05, 0.1) is 0 Å². The molecule has 0 heterocycles. The second-order valence-corrected chi connectivity index (χ2v) is 5.29. The van der Waals surface area contributed by atoms with Gasteiger partial charge in [-0.15, -0.1) is 0 Å². The summed E-state index contributed by atoms with van der Waals surface area (Å²) in [6.07, 6.45) is 0. The molecule has 2 N–H and O–H groups in total. The van der Waals surface area contributed by atoms with Crippen molar-refractivity contribution in [1.82, 2.24) is 0 Å². The Labute approximate surface area is 129 Å². The zero-order valence-corrected chi connectivity index (χ0v) is 12.2. The van der Waals surface area contributed by atoms with Crippen LogP contribution in [0.2, 0.25) is 0 Å². The van der Waals surface area contributed by atoms with Gasteiger partial charge < -0.3 is 10.2 Å². The van der Waals surface area contributed by atoms with Crippen molar-refractivity contribution in [2.75, 3.05) is 0 Å². The molecule has 2 unspecified atom stereocenters. The quantitative estimate of drug-likeness (QED) is 0.802. The van der Waals surface area contributed by atoms with Crippen LogP contribution in [0.25, 0.3) is 0 Å². The van der Waals surface area contributed by atoms with Crippen molar-refractivity contribution in [2.24, 2.45) is 5.92 Å². The van der Waals surface area contributed by atoms with Crippen LogP contribution in [0.15, 0.2) is 60.7 Å². The lowest BCUT2D eigenvalue weighted by Crippen LogP contribution is -2.32. The van der Waals surface area contributed by atoms with Crippen molar-refractivity contribution >= 4 is 11.9 Å². The van der Waals surface area contributed by atoms with E-state index in [1.807, 2.05) is 43.3 Å². The van der Waals surface area contributed by atoms with E-state index in [0.29, 0.717) is 5.56 Å². The van der Waals surface area contributed by atoms with E-state index in [2.05, 4.69) is 0 Å². The van der Waals surface area contributed by atoms with Crippen molar-refractivity contribution in [3.63, 3.8) is 0 Å². The average molecular weight is 298 g/mol. The van der Waals surface area contributed by atoms with Crippen LogP contribution in [0, 0.1) is 5.92 Å². The lowest BCUT2D eigenvalue weighted by molar-refractivity contribution is -0.156. The van der Waals surface area contributed by atoms with Gasteiger partial charge in [-0.2, -0.15) is 0 Å². The molecule has 0 aliphatic carbocycles. The van der Waals surface area contributed by atoms with Gasteiger partial charge in [0.2, 0.25) is 0 Å². The molecule has 2 aromatic rings. The number of benzene rings is 2. The number of hydrogen-bond acceptors (Lipinski definition) is 2. The maximum atomic E-state index is 11.5. The van der Waals surface area contributed by atoms with E-state index < -0.39 is 23.8 Å². The molecule has 2 rings (SSSR count). The zero-order chi connectivity index (χ0) is 16.1. The molecule has 0 radical (unpaired) electrons. The maximum Gasteiger partial charge on any atom is 0.318 e. The lowest BCUT2D eigenvalue weighted by atomic mass is 9.74. The number of carbonyl (C=O) groups is 2. The first-order valence-corrected chi connectivity index (χ1v) is 7.08. The third kappa shape index (κ3) is 3.34. The first-order valence-electron chi connectivity index (χ1n) is 7.08. The Bertz CT molecular complexity index is 623. The van der Waals surface area contributed by atoms with Gasteiger partial charge in [0, 0.05) is 5.92 Å². The first-order chi connectivity index (χ1) is 10.5. The van der Waals surface area contributed by atoms with Gasteiger partial charge in [-0.3, -0.25) is 9.59 Å². The molecular formula is C18H18O4. The Morgan fingerprint density at radius 2 is 1.18 bits per heavy atom. The summed E-state index contributed by atoms with van der Waals surface area (Å²) >= 11 is 0. The lowest BCUT2D eigenvalue weighted by Gasteiger charge is -2.28. The molecule has 0 saturated carbocycles. The fourth-order valence-electron chi connectivity index (χ4n) is 2.82. The maximum absolute atomic E-state index is 11.5. The topological polar surface area (TPSA) is 74.6 Å². The van der Waals surface area contributed by atoms with Crippen LogP contribution in [0.5, 0.6) is 0 Å². The fraction of sp³-hybridized carbons (Fsp3) is 0.222. The number of rotatable bonds is 6. The summed E-state index contributed by atoms with van der Waals surface area (Å²) < 4.78 is 0. The van der Waals surface area contributed by atoms with E-state index in [9.17, 15) is 19.8 Å². The van der Waals surface area contributed by atoms with Gasteiger partial charge in [-0.1, -0.05) is 67.6 Å². The standard InChI is InChI=1S/C18H18O4/c1-12(13-8-4-2-5-9-13)15(14-10-6-3-7-11-14)16(17(19)20)18(21)22/h2-12,15-16H,1H3,(H,19,20)(H,21,22). The fourth-order valence-corrected chi connectivity index (χ4v) is 2.82. The number of aliphatic carboxylic acids is 2. The monoisotopic (exact) mass is 298 g/mol. The molecule has 0 aliphatic rings. The molecule has 2 atom stereocenters. The van der Waals surface area contributed by atoms with E-state index in [-0.39, 0.29) is 5.92 Å². The van der Waals surface area contributed by atoms with E-state index in [1.165, 1.54) is 0 Å². The van der Waals surface area contributed by atoms with Gasteiger partial charge in [-0.05, 0) is 17.0 Å². The predicted molar refractivity (Wildman–Crippen MR) is 82.8 cm³/mol. The van der Waals surface area contributed by atoms with Crippen molar-refractivity contribution in [2.45, 2.75) is 18.8 Å². The second kappa shape index (κ2) is 6.89. The molecule has 0 bridgehead atoms. The molecule has 0 amide bonds. The molecule has 114 valence electrons. The number of carboxylic acid groups (broad SMARTS) is 2. The van der Waals surface area contributed by atoms with Gasteiger partial charge in [-0.25, -0.2) is 0 Å². The molecule has 0 spiro atoms. The van der Waals surface area contributed by atoms with Crippen LogP contribution in [0.1, 0.15) is 29.9 Å². The number of hydrogen-bond donors (Lipinski definition) is 2. The van der Waals surface area contributed by atoms with Gasteiger partial charge >= 0.3 is 11.9 Å². The van der Waals surface area contributed by atoms with Gasteiger partial charge in [0.15, 0.2) is 5.92 Å². The first kappa shape index (κ1) is 15.8. The summed E-state index contributed by atoms with van der Waals surface area (Å²) in [6, 6.07) is 18.4. The van der Waals surface area contributed by atoms with Gasteiger partial charge in [0.1, 0.15) is 0 Å². The van der Waals surface area contributed by atoms with E-state index in [4.69, 9.17) is 0 Å². The summed E-state index contributed by atoms with van der Waals surface area (Å²) in [5.41, 5.74) is 1.64.